The molecule has 0 saturated carbocycles. The number of hydrogen-bond donors (Lipinski definition) is 2. The van der Waals surface area contributed by atoms with Crippen molar-refractivity contribution >= 4 is 23.6 Å². The van der Waals surface area contributed by atoms with Crippen LogP contribution in [-0.4, -0.2) is 57.3 Å². The number of H-pyrrole nitrogens is 1. The van der Waals surface area contributed by atoms with E-state index < -0.39 is 11.9 Å². The molecule has 1 saturated heterocycles. The summed E-state index contributed by atoms with van der Waals surface area (Å²) in [4.78, 5) is 30.0. The van der Waals surface area contributed by atoms with E-state index in [0.717, 1.165) is 24.2 Å². The minimum atomic E-state index is -0.501. The summed E-state index contributed by atoms with van der Waals surface area (Å²) < 4.78 is 5.13. The Morgan fingerprint density at radius 3 is 2.81 bits per heavy atom. The number of primary amides is 1. The fourth-order valence-electron chi connectivity index (χ4n) is 2.92. The molecule has 1 aromatic carbocycles. The van der Waals surface area contributed by atoms with Gasteiger partial charge < -0.3 is 15.4 Å². The van der Waals surface area contributed by atoms with Gasteiger partial charge in [0.2, 0.25) is 17.0 Å². The van der Waals surface area contributed by atoms with E-state index in [9.17, 15) is 9.59 Å². The number of nitrogens with zero attached hydrogens (tertiary/aromatic N) is 3. The van der Waals surface area contributed by atoms with Crippen LogP contribution in [0.2, 0.25) is 0 Å². The molecule has 0 spiro atoms. The first-order valence-corrected chi connectivity index (χ1v) is 9.35. The Labute approximate surface area is 155 Å². The molecule has 0 unspecified atom stereocenters. The van der Waals surface area contributed by atoms with E-state index in [1.54, 1.807) is 12.0 Å². The molecule has 2 aromatic rings. The molecule has 1 aliphatic rings. The number of rotatable bonds is 6. The van der Waals surface area contributed by atoms with Gasteiger partial charge in [0.25, 0.3) is 0 Å². The summed E-state index contributed by atoms with van der Waals surface area (Å²) in [6, 6.07) is 6.94. The molecule has 0 bridgehead atoms. The molecular formula is C17H21N5O3S. The number of nitrogens with one attached hydrogen (secondary N) is 1. The SMILES string of the molecule is COc1ccc(-c2nc(SCC(=O)N3CCCC[C@@H]3C(N)=O)n[nH]2)cc1. The lowest BCUT2D eigenvalue weighted by molar-refractivity contribution is -0.138. The summed E-state index contributed by atoms with van der Waals surface area (Å²) in [5.74, 6) is 0.996. The van der Waals surface area contributed by atoms with Crippen LogP contribution in [0.1, 0.15) is 19.3 Å². The van der Waals surface area contributed by atoms with Gasteiger partial charge >= 0.3 is 0 Å². The number of methoxy groups -OCH3 is 1. The van der Waals surface area contributed by atoms with Crippen molar-refractivity contribution in [1.29, 1.82) is 0 Å². The van der Waals surface area contributed by atoms with Gasteiger partial charge in [0.05, 0.1) is 12.9 Å². The fourth-order valence-corrected chi connectivity index (χ4v) is 3.61. The van der Waals surface area contributed by atoms with Gasteiger partial charge in [-0.1, -0.05) is 11.8 Å². The molecule has 2 amide bonds. The third-order valence-corrected chi connectivity index (χ3v) is 5.14. The second-order valence-corrected chi connectivity index (χ2v) is 6.93. The third kappa shape index (κ3) is 4.16. The average molecular weight is 375 g/mol. The predicted octanol–water partition coefficient (Wildman–Crippen LogP) is 1.44. The maximum atomic E-state index is 12.5. The predicted molar refractivity (Wildman–Crippen MR) is 97.6 cm³/mol. The van der Waals surface area contributed by atoms with Crippen molar-refractivity contribution in [2.24, 2.45) is 5.73 Å². The van der Waals surface area contributed by atoms with E-state index in [-0.39, 0.29) is 11.7 Å². The maximum Gasteiger partial charge on any atom is 0.240 e. The highest BCUT2D eigenvalue weighted by Crippen LogP contribution is 2.23. The smallest absolute Gasteiger partial charge is 0.240 e. The minimum absolute atomic E-state index is 0.116. The number of nitrogens with two attached hydrogens (primary N) is 1. The fraction of sp³-hybridized carbons (Fsp3) is 0.412. The van der Waals surface area contributed by atoms with Crippen LogP contribution < -0.4 is 10.5 Å². The van der Waals surface area contributed by atoms with Crippen molar-refractivity contribution in [3.05, 3.63) is 24.3 Å². The Morgan fingerprint density at radius 1 is 1.35 bits per heavy atom. The van der Waals surface area contributed by atoms with Crippen molar-refractivity contribution in [2.75, 3.05) is 19.4 Å². The second kappa shape index (κ2) is 8.22. The number of aromatic nitrogens is 3. The number of hydrogen-bond acceptors (Lipinski definition) is 6. The number of aromatic amines is 1. The number of amides is 2. The monoisotopic (exact) mass is 375 g/mol. The molecule has 1 fully saturated rings. The van der Waals surface area contributed by atoms with Gasteiger partial charge in [-0.2, -0.15) is 0 Å². The van der Waals surface area contributed by atoms with Gasteiger partial charge in [0.1, 0.15) is 11.8 Å². The lowest BCUT2D eigenvalue weighted by Gasteiger charge is -2.33. The molecule has 3 N–H and O–H groups in total. The van der Waals surface area contributed by atoms with Gasteiger partial charge in [-0.15, -0.1) is 5.10 Å². The summed E-state index contributed by atoms with van der Waals surface area (Å²) >= 11 is 1.24. The molecule has 1 aliphatic heterocycles. The Balaban J connectivity index is 1.60. The van der Waals surface area contributed by atoms with E-state index in [1.807, 2.05) is 24.3 Å². The van der Waals surface area contributed by atoms with Gasteiger partial charge in [0.15, 0.2) is 5.82 Å². The summed E-state index contributed by atoms with van der Waals surface area (Å²) in [5.41, 5.74) is 6.29. The average Bonchev–Trinajstić information content (AvgIpc) is 3.15. The molecule has 2 heterocycles. The van der Waals surface area contributed by atoms with E-state index in [0.29, 0.717) is 23.9 Å². The topological polar surface area (TPSA) is 114 Å². The summed E-state index contributed by atoms with van der Waals surface area (Å²) in [6.07, 6.45) is 2.44. The highest BCUT2D eigenvalue weighted by Gasteiger charge is 2.30. The molecule has 8 nitrogen and oxygen atoms in total. The third-order valence-electron chi connectivity index (χ3n) is 4.30. The quantitative estimate of drug-likeness (QED) is 0.739. The number of benzene rings is 1. The Hall–Kier alpha value is -2.55. The van der Waals surface area contributed by atoms with Gasteiger partial charge in [-0.05, 0) is 43.5 Å². The number of ether oxygens (including phenoxy) is 1. The minimum Gasteiger partial charge on any atom is -0.497 e. The molecule has 9 heteroatoms. The molecule has 1 aromatic heterocycles. The van der Waals surface area contributed by atoms with Gasteiger partial charge in [0, 0.05) is 12.1 Å². The zero-order valence-electron chi connectivity index (χ0n) is 14.5. The molecule has 138 valence electrons. The first-order valence-electron chi connectivity index (χ1n) is 8.37. The van der Waals surface area contributed by atoms with Gasteiger partial charge in [-0.3, -0.25) is 14.7 Å². The normalized spacial score (nSPS) is 17.1. The summed E-state index contributed by atoms with van der Waals surface area (Å²) in [6.45, 7) is 0.568. The molecule has 0 aliphatic carbocycles. The van der Waals surface area contributed by atoms with Crippen LogP contribution in [-0.2, 0) is 9.59 Å². The molecular weight excluding hydrogens is 354 g/mol. The van der Waals surface area contributed by atoms with E-state index in [2.05, 4.69) is 15.2 Å². The van der Waals surface area contributed by atoms with Crippen LogP contribution in [0.4, 0.5) is 0 Å². The molecule has 3 rings (SSSR count). The molecule has 26 heavy (non-hydrogen) atoms. The number of piperidine rings is 1. The summed E-state index contributed by atoms with van der Waals surface area (Å²) in [5, 5.41) is 7.49. The first-order chi connectivity index (χ1) is 12.6. The number of thioether (sulfide) groups is 1. The maximum absolute atomic E-state index is 12.5. The number of likely N-dealkylation sites (tertiary alicyclic amines) is 1. The number of carbonyl (C=O) groups excluding carboxylic acids is 2. The summed E-state index contributed by atoms with van der Waals surface area (Å²) in [7, 11) is 1.61. The molecule has 1 atom stereocenters. The zero-order valence-corrected chi connectivity index (χ0v) is 15.3. The second-order valence-electron chi connectivity index (χ2n) is 5.98. The van der Waals surface area contributed by atoms with E-state index in [4.69, 9.17) is 10.5 Å². The largest absolute Gasteiger partial charge is 0.497 e. The Morgan fingerprint density at radius 2 is 2.12 bits per heavy atom. The van der Waals surface area contributed by atoms with E-state index in [1.165, 1.54) is 11.8 Å². The van der Waals surface area contributed by atoms with Crippen molar-refractivity contribution < 1.29 is 14.3 Å². The lowest BCUT2D eigenvalue weighted by Crippen LogP contribution is -2.51. The standard InChI is InChI=1S/C17H21N5O3S/c1-25-12-7-5-11(6-8-12)16-19-17(21-20-16)26-10-14(23)22-9-3-2-4-13(22)15(18)24/h5-8,13H,2-4,9-10H2,1H3,(H2,18,24)(H,19,20,21)/t13-/m1/s1. The number of carbonyl (C=O) groups is 2. The Kier molecular flexibility index (Phi) is 5.77. The van der Waals surface area contributed by atoms with Crippen LogP contribution >= 0.6 is 11.8 Å². The van der Waals surface area contributed by atoms with Crippen LogP contribution in [0, 0.1) is 0 Å². The van der Waals surface area contributed by atoms with Crippen LogP contribution in [0.5, 0.6) is 5.75 Å². The van der Waals surface area contributed by atoms with Gasteiger partial charge in [-0.25, -0.2) is 4.98 Å². The van der Waals surface area contributed by atoms with Crippen LogP contribution in [0.3, 0.4) is 0 Å². The van der Waals surface area contributed by atoms with Crippen molar-refractivity contribution in [2.45, 2.75) is 30.5 Å². The first kappa shape index (κ1) is 18.2. The van der Waals surface area contributed by atoms with Crippen LogP contribution in [0.25, 0.3) is 11.4 Å². The van der Waals surface area contributed by atoms with Crippen molar-refractivity contribution in [3.63, 3.8) is 0 Å². The van der Waals surface area contributed by atoms with E-state index >= 15 is 0 Å². The van der Waals surface area contributed by atoms with Crippen LogP contribution in [0.15, 0.2) is 29.4 Å². The Bertz CT molecular complexity index is 777. The lowest BCUT2D eigenvalue weighted by atomic mass is 10.0. The highest BCUT2D eigenvalue weighted by atomic mass is 32.2. The van der Waals surface area contributed by atoms with Crippen molar-refractivity contribution in [1.82, 2.24) is 20.1 Å². The highest BCUT2D eigenvalue weighted by molar-refractivity contribution is 7.99. The van der Waals surface area contributed by atoms with Crippen molar-refractivity contribution in [3.8, 4) is 17.1 Å². The molecule has 0 radical (unpaired) electrons. The zero-order chi connectivity index (χ0) is 18.5.